The summed E-state index contributed by atoms with van der Waals surface area (Å²) in [6.07, 6.45) is -1.82. The van der Waals surface area contributed by atoms with Crippen LogP contribution in [0.3, 0.4) is 0 Å². The van der Waals surface area contributed by atoms with Gasteiger partial charge in [-0.1, -0.05) is 0 Å². The van der Waals surface area contributed by atoms with Gasteiger partial charge in [0.1, 0.15) is 17.2 Å². The summed E-state index contributed by atoms with van der Waals surface area (Å²) in [4.78, 5) is 37.4. The predicted molar refractivity (Wildman–Crippen MR) is 86.4 cm³/mol. The summed E-state index contributed by atoms with van der Waals surface area (Å²) < 4.78 is 15.1. The highest BCUT2D eigenvalue weighted by molar-refractivity contribution is 5.94. The number of carbonyl (C=O) groups excluding carboxylic acids is 3. The molecule has 0 aliphatic heterocycles. The Hall–Kier alpha value is -1.83. The van der Waals surface area contributed by atoms with Crippen LogP contribution >= 0.6 is 0 Å². The Morgan fingerprint density at radius 2 is 1.46 bits per heavy atom. The van der Waals surface area contributed by atoms with E-state index in [0.29, 0.717) is 4.90 Å². The van der Waals surface area contributed by atoms with Crippen LogP contribution in [-0.4, -0.2) is 59.1 Å². The van der Waals surface area contributed by atoms with Gasteiger partial charge in [0, 0.05) is 6.61 Å². The number of methoxy groups -OCH3 is 1. The third kappa shape index (κ3) is 8.14. The van der Waals surface area contributed by atoms with Crippen LogP contribution in [-0.2, 0) is 19.0 Å². The Morgan fingerprint density at radius 1 is 0.958 bits per heavy atom. The first-order valence-electron chi connectivity index (χ1n) is 7.76. The summed E-state index contributed by atoms with van der Waals surface area (Å²) in [5, 5.41) is 9.03. The lowest BCUT2D eigenvalue weighted by molar-refractivity contribution is -0.161. The Labute approximate surface area is 143 Å². The molecule has 8 heteroatoms. The summed E-state index contributed by atoms with van der Waals surface area (Å²) in [6.45, 7) is 9.71. The fraction of sp³-hybridized carbons (Fsp3) is 0.812. The zero-order chi connectivity index (χ0) is 19.1. The zero-order valence-electron chi connectivity index (χ0n) is 15.5. The van der Waals surface area contributed by atoms with Gasteiger partial charge in [0.15, 0.2) is 0 Å². The molecule has 24 heavy (non-hydrogen) atoms. The second kappa shape index (κ2) is 8.86. The normalized spacial score (nSPS) is 13.0. The zero-order valence-corrected chi connectivity index (χ0v) is 15.5. The molecule has 0 aliphatic rings. The van der Waals surface area contributed by atoms with Gasteiger partial charge < -0.3 is 19.3 Å². The Bertz CT molecular complexity index is 448. The van der Waals surface area contributed by atoms with Crippen LogP contribution in [0, 0.1) is 0 Å². The van der Waals surface area contributed by atoms with Crippen molar-refractivity contribution in [2.24, 2.45) is 0 Å². The molecule has 0 aromatic heterocycles. The summed E-state index contributed by atoms with van der Waals surface area (Å²) in [6, 6.07) is -1.25. The third-order valence-corrected chi connectivity index (χ3v) is 2.59. The van der Waals surface area contributed by atoms with E-state index in [9.17, 15) is 14.4 Å². The van der Waals surface area contributed by atoms with Crippen LogP contribution in [0.5, 0.6) is 0 Å². The molecule has 0 fully saturated rings. The van der Waals surface area contributed by atoms with Crippen molar-refractivity contribution in [3.05, 3.63) is 0 Å². The highest BCUT2D eigenvalue weighted by Gasteiger charge is 2.40. The smallest absolute Gasteiger partial charge is 0.420 e. The monoisotopic (exact) mass is 347 g/mol. The maximum atomic E-state index is 12.4. The minimum Gasteiger partial charge on any atom is -0.458 e. The second-order valence-electron chi connectivity index (χ2n) is 7.24. The highest BCUT2D eigenvalue weighted by Crippen LogP contribution is 2.19. The molecule has 0 rings (SSSR count). The molecule has 0 spiro atoms. The SMILES string of the molecule is COC(=O)N(C(=O)OC(C)(C)C)[C@@H](CCCO)C(=O)OC(C)(C)C. The lowest BCUT2D eigenvalue weighted by atomic mass is 10.1. The van der Waals surface area contributed by atoms with Crippen molar-refractivity contribution in [1.29, 1.82) is 0 Å². The van der Waals surface area contributed by atoms with Crippen LogP contribution in [0.25, 0.3) is 0 Å². The third-order valence-electron chi connectivity index (χ3n) is 2.59. The number of carbonyl (C=O) groups is 3. The molecular weight excluding hydrogens is 318 g/mol. The molecule has 0 saturated heterocycles. The van der Waals surface area contributed by atoms with Crippen molar-refractivity contribution in [3.63, 3.8) is 0 Å². The molecule has 8 nitrogen and oxygen atoms in total. The van der Waals surface area contributed by atoms with E-state index in [1.54, 1.807) is 41.5 Å². The van der Waals surface area contributed by atoms with E-state index >= 15 is 0 Å². The summed E-state index contributed by atoms with van der Waals surface area (Å²) in [5.74, 6) is -0.771. The topological polar surface area (TPSA) is 102 Å². The fourth-order valence-electron chi connectivity index (χ4n) is 1.75. The van der Waals surface area contributed by atoms with Crippen LogP contribution in [0.1, 0.15) is 54.4 Å². The maximum absolute atomic E-state index is 12.4. The van der Waals surface area contributed by atoms with Crippen molar-refractivity contribution in [3.8, 4) is 0 Å². The maximum Gasteiger partial charge on any atom is 0.420 e. The molecule has 0 unspecified atom stereocenters. The Balaban J connectivity index is 5.60. The first kappa shape index (κ1) is 22.2. The van der Waals surface area contributed by atoms with E-state index in [0.717, 1.165) is 7.11 Å². The van der Waals surface area contributed by atoms with Gasteiger partial charge in [-0.15, -0.1) is 0 Å². The van der Waals surface area contributed by atoms with Gasteiger partial charge in [-0.2, -0.15) is 4.90 Å². The van der Waals surface area contributed by atoms with Crippen LogP contribution in [0.4, 0.5) is 9.59 Å². The Morgan fingerprint density at radius 3 is 1.83 bits per heavy atom. The van der Waals surface area contributed by atoms with Crippen molar-refractivity contribution in [1.82, 2.24) is 4.90 Å². The number of amides is 2. The number of esters is 1. The largest absolute Gasteiger partial charge is 0.458 e. The van der Waals surface area contributed by atoms with Crippen molar-refractivity contribution in [2.75, 3.05) is 13.7 Å². The van der Waals surface area contributed by atoms with Crippen LogP contribution in [0.2, 0.25) is 0 Å². The number of nitrogens with zero attached hydrogens (tertiary/aromatic N) is 1. The van der Waals surface area contributed by atoms with Gasteiger partial charge >= 0.3 is 18.2 Å². The molecule has 0 radical (unpaired) electrons. The quantitative estimate of drug-likeness (QED) is 0.602. The minimum absolute atomic E-state index is 0.0275. The van der Waals surface area contributed by atoms with Gasteiger partial charge in [-0.25, -0.2) is 14.4 Å². The minimum atomic E-state index is -1.25. The lowest BCUT2D eigenvalue weighted by Crippen LogP contribution is -2.52. The average Bonchev–Trinajstić information content (AvgIpc) is 2.38. The Kier molecular flexibility index (Phi) is 8.19. The van der Waals surface area contributed by atoms with Gasteiger partial charge in [-0.3, -0.25) is 0 Å². The van der Waals surface area contributed by atoms with E-state index in [1.165, 1.54) is 0 Å². The number of aliphatic hydroxyl groups excluding tert-OH is 1. The molecule has 0 aromatic carbocycles. The first-order valence-corrected chi connectivity index (χ1v) is 7.76. The standard InChI is InChI=1S/C16H29NO7/c1-15(2,3)23-12(19)11(9-8-10-18)17(13(20)22-7)14(21)24-16(4,5)6/h11,18H,8-10H2,1-7H3/t11-/m0/s1. The van der Waals surface area contributed by atoms with Crippen LogP contribution in [0.15, 0.2) is 0 Å². The summed E-state index contributed by atoms with van der Waals surface area (Å²) in [5.41, 5.74) is -1.66. The van der Waals surface area contributed by atoms with Crippen molar-refractivity contribution < 1.29 is 33.7 Å². The molecule has 0 bridgehead atoms. The fourth-order valence-corrected chi connectivity index (χ4v) is 1.75. The number of imide groups is 1. The summed E-state index contributed by atoms with van der Waals surface area (Å²) in [7, 11) is 1.10. The molecule has 0 saturated carbocycles. The van der Waals surface area contributed by atoms with Gasteiger partial charge in [0.05, 0.1) is 7.11 Å². The van der Waals surface area contributed by atoms with E-state index in [1.807, 2.05) is 0 Å². The van der Waals surface area contributed by atoms with Crippen LogP contribution < -0.4 is 0 Å². The second-order valence-corrected chi connectivity index (χ2v) is 7.24. The number of hydrogen-bond acceptors (Lipinski definition) is 7. The van der Waals surface area contributed by atoms with E-state index in [4.69, 9.17) is 14.6 Å². The molecule has 140 valence electrons. The molecule has 1 N–H and O–H groups in total. The van der Waals surface area contributed by atoms with Gasteiger partial charge in [0.2, 0.25) is 0 Å². The molecule has 0 aliphatic carbocycles. The summed E-state index contributed by atoms with van der Waals surface area (Å²) >= 11 is 0. The number of aliphatic hydroxyl groups is 1. The van der Waals surface area contributed by atoms with E-state index in [-0.39, 0.29) is 19.4 Å². The molecule has 0 heterocycles. The predicted octanol–water partition coefficient (Wildman–Crippen LogP) is 2.47. The van der Waals surface area contributed by atoms with E-state index in [2.05, 4.69) is 4.74 Å². The first-order chi connectivity index (χ1) is 10.8. The molecule has 0 aromatic rings. The average molecular weight is 347 g/mol. The number of hydrogen-bond donors (Lipinski definition) is 1. The molecule has 1 atom stereocenters. The lowest BCUT2D eigenvalue weighted by Gasteiger charge is -2.31. The highest BCUT2D eigenvalue weighted by atomic mass is 16.6. The number of ether oxygens (including phenoxy) is 3. The van der Waals surface area contributed by atoms with Crippen molar-refractivity contribution in [2.45, 2.75) is 71.6 Å². The molecule has 2 amide bonds. The van der Waals surface area contributed by atoms with E-state index < -0.39 is 35.4 Å². The van der Waals surface area contributed by atoms with Crippen molar-refractivity contribution >= 4 is 18.2 Å². The van der Waals surface area contributed by atoms with Gasteiger partial charge in [0.25, 0.3) is 0 Å². The molecular formula is C16H29NO7. The number of rotatable bonds is 5. The van der Waals surface area contributed by atoms with Gasteiger partial charge in [-0.05, 0) is 54.4 Å².